The molecule has 0 spiro atoms. The van der Waals surface area contributed by atoms with E-state index in [0.717, 1.165) is 35.4 Å². The van der Waals surface area contributed by atoms with Crippen molar-refractivity contribution in [1.82, 2.24) is 14.7 Å². The zero-order chi connectivity index (χ0) is 18.7. The van der Waals surface area contributed by atoms with Crippen molar-refractivity contribution in [2.45, 2.75) is 45.3 Å². The molecule has 138 valence electrons. The van der Waals surface area contributed by atoms with Gasteiger partial charge in [-0.05, 0) is 44.7 Å². The van der Waals surface area contributed by atoms with Crippen molar-refractivity contribution in [2.24, 2.45) is 7.05 Å². The van der Waals surface area contributed by atoms with E-state index in [1.165, 1.54) is 0 Å². The van der Waals surface area contributed by atoms with Crippen LogP contribution in [0.3, 0.4) is 0 Å². The van der Waals surface area contributed by atoms with E-state index in [9.17, 15) is 9.90 Å². The van der Waals surface area contributed by atoms with Gasteiger partial charge < -0.3 is 10.0 Å². The molecule has 0 bridgehead atoms. The molecule has 26 heavy (non-hydrogen) atoms. The minimum Gasteiger partial charge on any atom is -0.391 e. The van der Waals surface area contributed by atoms with E-state index in [1.807, 2.05) is 66.9 Å². The molecule has 1 N–H and O–H groups in total. The zero-order valence-electron chi connectivity index (χ0n) is 15.7. The average molecular weight is 353 g/mol. The van der Waals surface area contributed by atoms with Crippen molar-refractivity contribution in [3.8, 4) is 0 Å². The Labute approximate surface area is 154 Å². The largest absolute Gasteiger partial charge is 0.391 e. The van der Waals surface area contributed by atoms with E-state index in [1.54, 1.807) is 6.08 Å². The first kappa shape index (κ1) is 18.4. The Morgan fingerprint density at radius 3 is 2.69 bits per heavy atom. The number of carbonyl (C=O) groups excluding carboxylic acids is 1. The number of carbonyl (C=O) groups is 1. The lowest BCUT2D eigenvalue weighted by Crippen LogP contribution is -2.51. The molecule has 0 saturated carbocycles. The summed E-state index contributed by atoms with van der Waals surface area (Å²) in [6.45, 7) is 4.62. The highest BCUT2D eigenvalue weighted by molar-refractivity contribution is 5.92. The third-order valence-electron chi connectivity index (χ3n) is 5.27. The van der Waals surface area contributed by atoms with E-state index in [-0.39, 0.29) is 11.9 Å². The van der Waals surface area contributed by atoms with Crippen molar-refractivity contribution in [3.63, 3.8) is 0 Å². The highest BCUT2D eigenvalue weighted by atomic mass is 16.3. The SMILES string of the molecule is Cc1nn(C)c(C)c1/C=C/C(=O)N1CCC[C@H](O)[C@@H]1Cc1ccccc1. The molecule has 1 amide bonds. The zero-order valence-corrected chi connectivity index (χ0v) is 15.7. The number of amides is 1. The van der Waals surface area contributed by atoms with Gasteiger partial charge in [-0.15, -0.1) is 0 Å². The number of benzene rings is 1. The monoisotopic (exact) mass is 353 g/mol. The lowest BCUT2D eigenvalue weighted by molar-refractivity contribution is -0.133. The summed E-state index contributed by atoms with van der Waals surface area (Å²) >= 11 is 0. The van der Waals surface area contributed by atoms with Crippen LogP contribution in [-0.4, -0.2) is 44.4 Å². The van der Waals surface area contributed by atoms with Crippen LogP contribution in [0.15, 0.2) is 36.4 Å². The first-order chi connectivity index (χ1) is 12.5. The molecule has 5 nitrogen and oxygen atoms in total. The molecule has 0 radical (unpaired) electrons. The predicted molar refractivity (Wildman–Crippen MR) is 103 cm³/mol. The standard InChI is InChI=1S/C21H27N3O2/c1-15-18(16(2)23(3)22-15)11-12-21(26)24-13-7-10-20(25)19(24)14-17-8-5-4-6-9-17/h4-6,8-9,11-12,19-20,25H,7,10,13-14H2,1-3H3/b12-11+/t19-,20-/m0/s1. The maximum absolute atomic E-state index is 12.8. The molecular formula is C21H27N3O2. The molecule has 1 aliphatic rings. The number of aromatic nitrogens is 2. The van der Waals surface area contributed by atoms with Crippen molar-refractivity contribution >= 4 is 12.0 Å². The van der Waals surface area contributed by atoms with Crippen LogP contribution in [0.5, 0.6) is 0 Å². The summed E-state index contributed by atoms with van der Waals surface area (Å²) in [5, 5.41) is 14.9. The second kappa shape index (κ2) is 7.87. The number of nitrogens with zero attached hydrogens (tertiary/aromatic N) is 3. The van der Waals surface area contributed by atoms with Crippen LogP contribution >= 0.6 is 0 Å². The Kier molecular flexibility index (Phi) is 5.57. The first-order valence-electron chi connectivity index (χ1n) is 9.18. The van der Waals surface area contributed by atoms with E-state index in [2.05, 4.69) is 5.10 Å². The molecule has 5 heteroatoms. The van der Waals surface area contributed by atoms with E-state index in [0.29, 0.717) is 13.0 Å². The fraction of sp³-hybridized carbons (Fsp3) is 0.429. The van der Waals surface area contributed by atoms with Gasteiger partial charge in [-0.25, -0.2) is 0 Å². The summed E-state index contributed by atoms with van der Waals surface area (Å²) in [6.07, 6.45) is 5.23. The number of piperidine rings is 1. The Bertz CT molecular complexity index is 795. The molecule has 1 aromatic heterocycles. The fourth-order valence-electron chi connectivity index (χ4n) is 3.69. The van der Waals surface area contributed by atoms with Crippen LogP contribution in [0.25, 0.3) is 6.08 Å². The van der Waals surface area contributed by atoms with Gasteiger partial charge in [0.1, 0.15) is 0 Å². The number of hydrogen-bond acceptors (Lipinski definition) is 3. The Morgan fingerprint density at radius 2 is 2.04 bits per heavy atom. The molecule has 3 rings (SSSR count). The average Bonchev–Trinajstić information content (AvgIpc) is 2.87. The summed E-state index contributed by atoms with van der Waals surface area (Å²) < 4.78 is 1.82. The van der Waals surface area contributed by atoms with Crippen LogP contribution in [-0.2, 0) is 18.3 Å². The molecule has 0 unspecified atom stereocenters. The molecule has 2 heterocycles. The lowest BCUT2D eigenvalue weighted by atomic mass is 9.93. The van der Waals surface area contributed by atoms with Crippen LogP contribution in [0.4, 0.5) is 0 Å². The van der Waals surface area contributed by atoms with Crippen LogP contribution < -0.4 is 0 Å². The van der Waals surface area contributed by atoms with Crippen LogP contribution in [0, 0.1) is 13.8 Å². The van der Waals surface area contributed by atoms with Crippen molar-refractivity contribution in [1.29, 1.82) is 0 Å². The van der Waals surface area contributed by atoms with Crippen molar-refractivity contribution in [3.05, 3.63) is 58.9 Å². The fourth-order valence-corrected chi connectivity index (χ4v) is 3.69. The highest BCUT2D eigenvalue weighted by Crippen LogP contribution is 2.22. The quantitative estimate of drug-likeness (QED) is 0.860. The number of hydrogen-bond donors (Lipinski definition) is 1. The second-order valence-corrected chi connectivity index (χ2v) is 7.04. The molecule has 1 fully saturated rings. The number of likely N-dealkylation sites (tertiary alicyclic amines) is 1. The Balaban J connectivity index is 1.78. The van der Waals surface area contributed by atoms with Gasteiger partial charge in [-0.2, -0.15) is 5.10 Å². The van der Waals surface area contributed by atoms with E-state index >= 15 is 0 Å². The van der Waals surface area contributed by atoms with Crippen molar-refractivity contribution < 1.29 is 9.90 Å². The smallest absolute Gasteiger partial charge is 0.246 e. The van der Waals surface area contributed by atoms with Gasteiger partial charge in [0.25, 0.3) is 0 Å². The van der Waals surface area contributed by atoms with Crippen molar-refractivity contribution in [2.75, 3.05) is 6.54 Å². The Morgan fingerprint density at radius 1 is 1.31 bits per heavy atom. The third-order valence-corrected chi connectivity index (χ3v) is 5.27. The molecule has 2 aromatic rings. The summed E-state index contributed by atoms with van der Waals surface area (Å²) in [7, 11) is 1.90. The molecular weight excluding hydrogens is 326 g/mol. The third kappa shape index (κ3) is 3.88. The number of rotatable bonds is 4. The molecule has 1 aromatic carbocycles. The van der Waals surface area contributed by atoms with Gasteiger partial charge in [0.15, 0.2) is 0 Å². The molecule has 0 aliphatic carbocycles. The van der Waals surface area contributed by atoms with Gasteiger partial charge in [0.05, 0.1) is 17.8 Å². The minimum absolute atomic E-state index is 0.0488. The summed E-state index contributed by atoms with van der Waals surface area (Å²) in [5.74, 6) is -0.0488. The maximum atomic E-state index is 12.8. The minimum atomic E-state index is -0.483. The summed E-state index contributed by atoms with van der Waals surface area (Å²) in [5.41, 5.74) is 4.07. The Hall–Kier alpha value is -2.40. The first-order valence-corrected chi connectivity index (χ1v) is 9.18. The van der Waals surface area contributed by atoms with Gasteiger partial charge >= 0.3 is 0 Å². The van der Waals surface area contributed by atoms with Crippen LogP contribution in [0.2, 0.25) is 0 Å². The predicted octanol–water partition coefficient (Wildman–Crippen LogP) is 2.64. The van der Waals surface area contributed by atoms with E-state index < -0.39 is 6.10 Å². The summed E-state index contributed by atoms with van der Waals surface area (Å²) in [6, 6.07) is 9.87. The van der Waals surface area contributed by atoms with Gasteiger partial charge in [-0.3, -0.25) is 9.48 Å². The highest BCUT2D eigenvalue weighted by Gasteiger charge is 2.32. The lowest BCUT2D eigenvalue weighted by Gasteiger charge is -2.38. The van der Waals surface area contributed by atoms with Crippen LogP contribution in [0.1, 0.15) is 35.4 Å². The molecule has 1 aliphatic heterocycles. The van der Waals surface area contributed by atoms with Gasteiger partial charge in [-0.1, -0.05) is 30.3 Å². The number of aryl methyl sites for hydroxylation is 2. The maximum Gasteiger partial charge on any atom is 0.246 e. The summed E-state index contributed by atoms with van der Waals surface area (Å²) in [4.78, 5) is 14.7. The normalized spacial score (nSPS) is 20.7. The van der Waals surface area contributed by atoms with Gasteiger partial charge in [0, 0.05) is 30.9 Å². The molecule has 1 saturated heterocycles. The second-order valence-electron chi connectivity index (χ2n) is 7.04. The topological polar surface area (TPSA) is 58.4 Å². The van der Waals surface area contributed by atoms with E-state index in [4.69, 9.17) is 0 Å². The molecule has 2 atom stereocenters. The number of aliphatic hydroxyl groups is 1. The number of aliphatic hydroxyl groups excluding tert-OH is 1. The van der Waals surface area contributed by atoms with Gasteiger partial charge in [0.2, 0.25) is 5.91 Å².